The number of carbonyl (C=O) groups excluding carboxylic acids is 1. The van der Waals surface area contributed by atoms with Crippen molar-refractivity contribution in [3.8, 4) is 5.75 Å². The van der Waals surface area contributed by atoms with Crippen LogP contribution in [0.3, 0.4) is 0 Å². The van der Waals surface area contributed by atoms with Gasteiger partial charge < -0.3 is 15.0 Å². The molecule has 0 fully saturated rings. The first-order valence-electron chi connectivity index (χ1n) is 9.11. The number of methoxy groups -OCH3 is 1. The molecule has 3 aromatic rings. The van der Waals surface area contributed by atoms with Gasteiger partial charge in [-0.15, -0.1) is 0 Å². The van der Waals surface area contributed by atoms with Gasteiger partial charge in [0.05, 0.1) is 13.7 Å². The normalized spacial score (nSPS) is 10.5. The summed E-state index contributed by atoms with van der Waals surface area (Å²) in [6.07, 6.45) is 1.45. The highest BCUT2D eigenvalue weighted by molar-refractivity contribution is 7.09. The van der Waals surface area contributed by atoms with E-state index in [2.05, 4.69) is 26.8 Å². The fraction of sp³-hybridized carbons (Fsp3) is 0.286. The molecule has 0 aliphatic rings. The van der Waals surface area contributed by atoms with Crippen LogP contribution in [-0.4, -0.2) is 42.5 Å². The van der Waals surface area contributed by atoms with Gasteiger partial charge >= 0.3 is 0 Å². The second-order valence-electron chi connectivity index (χ2n) is 6.46. The molecule has 0 aliphatic heterocycles. The Morgan fingerprint density at radius 1 is 1.14 bits per heavy atom. The Hall–Kier alpha value is -2.93. The van der Waals surface area contributed by atoms with Gasteiger partial charge in [-0.25, -0.2) is 4.98 Å². The van der Waals surface area contributed by atoms with Crippen molar-refractivity contribution in [1.29, 1.82) is 0 Å². The van der Waals surface area contributed by atoms with Gasteiger partial charge in [-0.2, -0.15) is 4.37 Å². The van der Waals surface area contributed by atoms with E-state index in [4.69, 9.17) is 4.74 Å². The molecule has 0 spiro atoms. The summed E-state index contributed by atoms with van der Waals surface area (Å²) < 4.78 is 9.66. The average Bonchev–Trinajstić information content (AvgIpc) is 3.17. The van der Waals surface area contributed by atoms with Crippen LogP contribution in [0.4, 0.5) is 5.13 Å². The zero-order valence-electron chi connectivity index (χ0n) is 16.1. The summed E-state index contributed by atoms with van der Waals surface area (Å²) in [5, 5.41) is 3.69. The van der Waals surface area contributed by atoms with Crippen molar-refractivity contribution in [3.05, 3.63) is 71.5 Å². The van der Waals surface area contributed by atoms with Gasteiger partial charge in [-0.3, -0.25) is 4.79 Å². The van der Waals surface area contributed by atoms with Crippen molar-refractivity contribution in [3.63, 3.8) is 0 Å². The van der Waals surface area contributed by atoms with Crippen LogP contribution in [0, 0.1) is 0 Å². The van der Waals surface area contributed by atoms with Gasteiger partial charge in [0, 0.05) is 31.5 Å². The Bertz CT molecular complexity index is 898. The summed E-state index contributed by atoms with van der Waals surface area (Å²) in [6.45, 7) is 0.872. The first-order valence-corrected chi connectivity index (χ1v) is 9.88. The largest absolute Gasteiger partial charge is 0.497 e. The second kappa shape index (κ2) is 9.85. The van der Waals surface area contributed by atoms with E-state index in [1.807, 2.05) is 54.4 Å². The lowest BCUT2D eigenvalue weighted by Crippen LogP contribution is -2.36. The van der Waals surface area contributed by atoms with E-state index in [1.165, 1.54) is 17.1 Å². The summed E-state index contributed by atoms with van der Waals surface area (Å²) in [5.41, 5.74) is 2.30. The standard InChI is InChI=1S/C21H24N4O2S/c1-25(15-20(26)22-12-11-16-7-4-3-5-8-16)21-23-19(24-28-21)14-17-9-6-10-18(13-17)27-2/h3-10,13H,11-12,14-15H2,1-2H3,(H,22,26). The maximum absolute atomic E-state index is 12.2. The van der Waals surface area contributed by atoms with Crippen LogP contribution in [-0.2, 0) is 17.6 Å². The Morgan fingerprint density at radius 3 is 2.71 bits per heavy atom. The number of anilines is 1. The third kappa shape index (κ3) is 5.79. The number of ether oxygens (including phenoxy) is 1. The molecule has 0 radical (unpaired) electrons. The highest BCUT2D eigenvalue weighted by Gasteiger charge is 2.13. The van der Waals surface area contributed by atoms with Gasteiger partial charge in [0.25, 0.3) is 0 Å². The summed E-state index contributed by atoms with van der Waals surface area (Å²) in [6, 6.07) is 18.0. The van der Waals surface area contributed by atoms with Crippen molar-refractivity contribution in [2.24, 2.45) is 0 Å². The minimum Gasteiger partial charge on any atom is -0.497 e. The fourth-order valence-corrected chi connectivity index (χ4v) is 3.41. The van der Waals surface area contributed by atoms with Gasteiger partial charge in [-0.05, 0) is 29.7 Å². The second-order valence-corrected chi connectivity index (χ2v) is 7.19. The summed E-state index contributed by atoms with van der Waals surface area (Å²) in [7, 11) is 3.50. The molecule has 1 aromatic heterocycles. The van der Waals surface area contributed by atoms with Crippen LogP contribution in [0.25, 0.3) is 0 Å². The SMILES string of the molecule is COc1cccc(Cc2nsc(N(C)CC(=O)NCCc3ccccc3)n2)c1. The lowest BCUT2D eigenvalue weighted by atomic mass is 10.1. The quantitative estimate of drug-likeness (QED) is 0.602. The Balaban J connectivity index is 1.47. The zero-order valence-corrected chi connectivity index (χ0v) is 16.9. The maximum Gasteiger partial charge on any atom is 0.239 e. The van der Waals surface area contributed by atoms with E-state index in [-0.39, 0.29) is 12.5 Å². The van der Waals surface area contributed by atoms with E-state index in [0.717, 1.165) is 28.7 Å². The van der Waals surface area contributed by atoms with Crippen molar-refractivity contribution < 1.29 is 9.53 Å². The summed E-state index contributed by atoms with van der Waals surface area (Å²) >= 11 is 1.30. The van der Waals surface area contributed by atoms with Crippen LogP contribution in [0.1, 0.15) is 17.0 Å². The Morgan fingerprint density at radius 2 is 1.93 bits per heavy atom. The van der Waals surface area contributed by atoms with Crippen molar-refractivity contribution >= 4 is 22.6 Å². The Kier molecular flexibility index (Phi) is 6.97. The molecule has 0 unspecified atom stereocenters. The molecule has 0 saturated carbocycles. The van der Waals surface area contributed by atoms with Crippen LogP contribution in [0.2, 0.25) is 0 Å². The number of likely N-dealkylation sites (N-methyl/N-ethyl adjacent to an activating group) is 1. The number of nitrogens with zero attached hydrogens (tertiary/aromatic N) is 3. The third-order valence-electron chi connectivity index (χ3n) is 4.24. The molecule has 0 atom stereocenters. The topological polar surface area (TPSA) is 67.3 Å². The minimum absolute atomic E-state index is 0.0250. The van der Waals surface area contributed by atoms with Crippen molar-refractivity contribution in [2.45, 2.75) is 12.8 Å². The molecule has 2 aromatic carbocycles. The summed E-state index contributed by atoms with van der Waals surface area (Å²) in [4.78, 5) is 18.6. The van der Waals surface area contributed by atoms with Gasteiger partial charge in [0.1, 0.15) is 11.6 Å². The van der Waals surface area contributed by atoms with E-state index >= 15 is 0 Å². The van der Waals surface area contributed by atoms with Crippen LogP contribution < -0.4 is 15.0 Å². The van der Waals surface area contributed by atoms with Gasteiger partial charge in [0.2, 0.25) is 11.0 Å². The number of carbonyl (C=O) groups is 1. The number of rotatable bonds is 9. The van der Waals surface area contributed by atoms with Crippen LogP contribution in [0.5, 0.6) is 5.75 Å². The molecule has 28 heavy (non-hydrogen) atoms. The van der Waals surface area contributed by atoms with E-state index in [1.54, 1.807) is 7.11 Å². The average molecular weight is 397 g/mol. The number of hydrogen-bond donors (Lipinski definition) is 1. The minimum atomic E-state index is -0.0250. The highest BCUT2D eigenvalue weighted by Crippen LogP contribution is 2.19. The molecule has 0 saturated heterocycles. The molecular weight excluding hydrogens is 372 g/mol. The molecule has 0 bridgehead atoms. The van der Waals surface area contributed by atoms with Crippen LogP contribution >= 0.6 is 11.5 Å². The Labute approximate surface area is 169 Å². The van der Waals surface area contributed by atoms with Crippen LogP contribution in [0.15, 0.2) is 54.6 Å². The first-order chi connectivity index (χ1) is 13.6. The lowest BCUT2D eigenvalue weighted by Gasteiger charge is -2.14. The van der Waals surface area contributed by atoms with E-state index in [9.17, 15) is 4.79 Å². The predicted molar refractivity (Wildman–Crippen MR) is 112 cm³/mol. The number of nitrogens with one attached hydrogen (secondary N) is 1. The highest BCUT2D eigenvalue weighted by atomic mass is 32.1. The zero-order chi connectivity index (χ0) is 19.8. The number of amides is 1. The number of hydrogen-bond acceptors (Lipinski definition) is 6. The molecule has 3 rings (SSSR count). The number of benzene rings is 2. The smallest absolute Gasteiger partial charge is 0.239 e. The number of aromatic nitrogens is 2. The molecule has 7 heteroatoms. The van der Waals surface area contributed by atoms with E-state index in [0.29, 0.717) is 13.0 Å². The first kappa shape index (κ1) is 19.8. The fourth-order valence-electron chi connectivity index (χ4n) is 2.77. The van der Waals surface area contributed by atoms with E-state index < -0.39 is 0 Å². The molecule has 1 amide bonds. The molecule has 0 aliphatic carbocycles. The molecular formula is C21H24N4O2S. The third-order valence-corrected chi connectivity index (χ3v) is 5.11. The molecule has 146 valence electrons. The van der Waals surface area contributed by atoms with Gasteiger partial charge in [-0.1, -0.05) is 42.5 Å². The molecule has 6 nitrogen and oxygen atoms in total. The monoisotopic (exact) mass is 396 g/mol. The lowest BCUT2D eigenvalue weighted by molar-refractivity contribution is -0.119. The molecule has 1 N–H and O–H groups in total. The van der Waals surface area contributed by atoms with Crippen molar-refractivity contribution in [2.75, 3.05) is 32.1 Å². The summed E-state index contributed by atoms with van der Waals surface area (Å²) in [5.74, 6) is 1.53. The molecule has 1 heterocycles. The predicted octanol–water partition coefficient (Wildman–Crippen LogP) is 2.93. The van der Waals surface area contributed by atoms with Gasteiger partial charge in [0.15, 0.2) is 0 Å². The maximum atomic E-state index is 12.2. The van der Waals surface area contributed by atoms with Crippen molar-refractivity contribution in [1.82, 2.24) is 14.7 Å².